The van der Waals surface area contributed by atoms with Crippen molar-refractivity contribution in [3.8, 4) is 11.5 Å². The van der Waals surface area contributed by atoms with Gasteiger partial charge in [0.05, 0.1) is 5.57 Å². The molecule has 1 aliphatic heterocycles. The van der Waals surface area contributed by atoms with E-state index in [0.29, 0.717) is 12.1 Å². The number of alkyl halides is 6. The Balaban J connectivity index is 2.13. The summed E-state index contributed by atoms with van der Waals surface area (Å²) in [6.45, 7) is 0.478. The highest BCUT2D eigenvalue weighted by Gasteiger charge is 2.49. The van der Waals surface area contributed by atoms with Gasteiger partial charge in [-0.25, -0.2) is 9.59 Å². The van der Waals surface area contributed by atoms with Crippen molar-refractivity contribution in [2.75, 3.05) is 13.4 Å². The lowest BCUT2D eigenvalue weighted by atomic mass is 9.99. The number of nitrogens with zero attached hydrogens (tertiary/aromatic N) is 1. The third-order valence-electron chi connectivity index (χ3n) is 3.94. The van der Waals surface area contributed by atoms with Crippen molar-refractivity contribution in [2.24, 2.45) is 0 Å². The van der Waals surface area contributed by atoms with Crippen LogP contribution in [0, 0.1) is 17.0 Å². The van der Waals surface area contributed by atoms with Gasteiger partial charge in [0.15, 0.2) is 0 Å². The summed E-state index contributed by atoms with van der Waals surface area (Å²) >= 11 is 0. The summed E-state index contributed by atoms with van der Waals surface area (Å²) in [6, 6.07) is 1.51. The molecule has 0 fully saturated rings. The molecule has 35 heavy (non-hydrogen) atoms. The third kappa shape index (κ3) is 8.11. The standard InChI is InChI=1S/C18H15F6NO10/c1-8-3-11(34-18(22,23)24)4-10-5-12(14(17(19,20)21)33-13(8)10)15(26)31-7-32-16(27)30-6-9(2)35-25(28)29/h3-5,9,14H,6-7H2,1-2H3. The number of fused-ring (bicyclic) bond motifs is 1. The molecule has 0 bridgehead atoms. The van der Waals surface area contributed by atoms with Crippen LogP contribution in [0.1, 0.15) is 18.1 Å². The molecule has 0 saturated carbocycles. The van der Waals surface area contributed by atoms with Crippen LogP contribution in [0.5, 0.6) is 11.5 Å². The number of hydrogen-bond donors (Lipinski definition) is 0. The Kier molecular flexibility index (Phi) is 8.24. The van der Waals surface area contributed by atoms with E-state index < -0.39 is 72.4 Å². The van der Waals surface area contributed by atoms with Crippen LogP contribution in [0.15, 0.2) is 17.7 Å². The number of aryl methyl sites for hydroxylation is 1. The molecule has 1 aromatic carbocycles. The molecule has 0 amide bonds. The van der Waals surface area contributed by atoms with Gasteiger partial charge in [-0.15, -0.1) is 23.3 Å². The minimum atomic E-state index is -5.14. The van der Waals surface area contributed by atoms with E-state index in [-0.39, 0.29) is 11.1 Å². The van der Waals surface area contributed by atoms with Crippen molar-refractivity contribution in [1.29, 1.82) is 0 Å². The minimum absolute atomic E-state index is 0.138. The highest BCUT2D eigenvalue weighted by Crippen LogP contribution is 2.41. The lowest BCUT2D eigenvalue weighted by molar-refractivity contribution is -0.767. The molecule has 1 aliphatic rings. The number of esters is 1. The van der Waals surface area contributed by atoms with Crippen molar-refractivity contribution in [3.63, 3.8) is 0 Å². The zero-order chi connectivity index (χ0) is 26.6. The smallest absolute Gasteiger partial charge is 0.475 e. The van der Waals surface area contributed by atoms with Crippen LogP contribution in [0.4, 0.5) is 31.1 Å². The molecular weight excluding hydrogens is 504 g/mol. The Morgan fingerprint density at radius 1 is 1.14 bits per heavy atom. The second kappa shape index (κ2) is 10.6. The molecular formula is C18H15F6NO10. The number of carbonyl (C=O) groups excluding carboxylic acids is 2. The summed E-state index contributed by atoms with van der Waals surface area (Å²) in [5.74, 6) is -2.88. The van der Waals surface area contributed by atoms with Crippen LogP contribution in [0.3, 0.4) is 0 Å². The molecule has 0 N–H and O–H groups in total. The van der Waals surface area contributed by atoms with Gasteiger partial charge in [0.2, 0.25) is 12.9 Å². The molecule has 11 nitrogen and oxygen atoms in total. The lowest BCUT2D eigenvalue weighted by Crippen LogP contribution is -2.41. The summed E-state index contributed by atoms with van der Waals surface area (Å²) in [4.78, 5) is 37.8. The van der Waals surface area contributed by atoms with Gasteiger partial charge in [-0.3, -0.25) is 0 Å². The van der Waals surface area contributed by atoms with Crippen molar-refractivity contribution < 1.29 is 69.5 Å². The summed E-state index contributed by atoms with van der Waals surface area (Å²) in [7, 11) is 0. The number of carbonyl (C=O) groups is 2. The lowest BCUT2D eigenvalue weighted by Gasteiger charge is -2.29. The van der Waals surface area contributed by atoms with E-state index in [0.717, 1.165) is 6.07 Å². The number of hydrogen-bond acceptors (Lipinski definition) is 10. The second-order valence-corrected chi connectivity index (χ2v) is 6.74. The van der Waals surface area contributed by atoms with Crippen LogP contribution in [-0.2, 0) is 23.8 Å². The zero-order valence-electron chi connectivity index (χ0n) is 17.6. The second-order valence-electron chi connectivity index (χ2n) is 6.74. The number of ether oxygens (including phenoxy) is 5. The van der Waals surface area contributed by atoms with Gasteiger partial charge in [-0.2, -0.15) is 13.2 Å². The molecule has 0 spiro atoms. The summed E-state index contributed by atoms with van der Waals surface area (Å²) in [6.07, 6.45) is -15.1. The van der Waals surface area contributed by atoms with Crippen molar-refractivity contribution in [3.05, 3.63) is 38.9 Å². The van der Waals surface area contributed by atoms with E-state index in [1.165, 1.54) is 13.8 Å². The van der Waals surface area contributed by atoms with Crippen LogP contribution < -0.4 is 9.47 Å². The minimum Gasteiger partial charge on any atom is -0.475 e. The third-order valence-corrected chi connectivity index (χ3v) is 3.94. The number of halogens is 6. The van der Waals surface area contributed by atoms with Crippen LogP contribution in [-0.4, -0.2) is 55.4 Å². The maximum Gasteiger partial charge on any atom is 0.573 e. The average molecular weight is 519 g/mol. The van der Waals surface area contributed by atoms with Gasteiger partial charge in [0, 0.05) is 5.56 Å². The fourth-order valence-electron chi connectivity index (χ4n) is 2.68. The van der Waals surface area contributed by atoms with E-state index in [1.54, 1.807) is 0 Å². The summed E-state index contributed by atoms with van der Waals surface area (Å²) in [5.41, 5.74) is -1.63. The molecule has 0 aromatic heterocycles. The molecule has 1 heterocycles. The first kappa shape index (κ1) is 27.3. The quantitative estimate of drug-likeness (QED) is 0.164. The largest absolute Gasteiger partial charge is 0.573 e. The topological polar surface area (TPSA) is 133 Å². The molecule has 1 aromatic rings. The van der Waals surface area contributed by atoms with E-state index in [4.69, 9.17) is 4.74 Å². The SMILES string of the molecule is Cc1cc(OC(F)(F)F)cc2c1OC(C(F)(F)F)C(C(=O)OCOC(=O)OCC(C)O[N+](=O)[O-])=C2. The maximum absolute atomic E-state index is 13.5. The maximum atomic E-state index is 13.5. The van der Waals surface area contributed by atoms with E-state index in [2.05, 4.69) is 23.8 Å². The molecule has 2 rings (SSSR count). The van der Waals surface area contributed by atoms with Gasteiger partial charge in [-0.05, 0) is 37.6 Å². The predicted octanol–water partition coefficient (Wildman–Crippen LogP) is 3.85. The first-order chi connectivity index (χ1) is 16.1. The summed E-state index contributed by atoms with van der Waals surface area (Å²) in [5, 5.41) is 8.98. The first-order valence-electron chi connectivity index (χ1n) is 9.20. The fourth-order valence-corrected chi connectivity index (χ4v) is 2.68. The van der Waals surface area contributed by atoms with E-state index in [9.17, 15) is 46.0 Å². The van der Waals surface area contributed by atoms with Crippen LogP contribution >= 0.6 is 0 Å². The molecule has 0 saturated heterocycles. The monoisotopic (exact) mass is 519 g/mol. The Hall–Kier alpha value is -3.92. The molecule has 2 unspecified atom stereocenters. The van der Waals surface area contributed by atoms with Gasteiger partial charge in [-0.1, -0.05) is 0 Å². The zero-order valence-corrected chi connectivity index (χ0v) is 17.6. The highest BCUT2D eigenvalue weighted by atomic mass is 19.4. The van der Waals surface area contributed by atoms with Gasteiger partial charge < -0.3 is 28.5 Å². The Bertz CT molecular complexity index is 1010. The van der Waals surface area contributed by atoms with Gasteiger partial charge in [0.25, 0.3) is 5.09 Å². The van der Waals surface area contributed by atoms with Gasteiger partial charge in [0.1, 0.15) is 24.2 Å². The number of benzene rings is 1. The molecule has 0 radical (unpaired) electrons. The van der Waals surface area contributed by atoms with Crippen molar-refractivity contribution in [2.45, 2.75) is 38.6 Å². The van der Waals surface area contributed by atoms with E-state index >= 15 is 0 Å². The molecule has 2 atom stereocenters. The highest BCUT2D eigenvalue weighted by molar-refractivity contribution is 5.96. The van der Waals surface area contributed by atoms with Crippen molar-refractivity contribution in [1.82, 2.24) is 0 Å². The van der Waals surface area contributed by atoms with Crippen LogP contribution in [0.2, 0.25) is 0 Å². The van der Waals surface area contributed by atoms with Gasteiger partial charge >= 0.3 is 24.7 Å². The van der Waals surface area contributed by atoms with Crippen molar-refractivity contribution >= 4 is 18.2 Å². The van der Waals surface area contributed by atoms with E-state index in [1.807, 2.05) is 0 Å². The molecule has 0 aliphatic carbocycles. The summed E-state index contributed by atoms with van der Waals surface area (Å²) < 4.78 is 99.7. The molecule has 194 valence electrons. The Labute approximate surface area is 191 Å². The average Bonchev–Trinajstić information content (AvgIpc) is 2.68. The first-order valence-corrected chi connectivity index (χ1v) is 9.20. The fraction of sp³-hybridized carbons (Fsp3) is 0.444. The number of rotatable bonds is 8. The normalized spacial score (nSPS) is 16.1. The molecule has 17 heteroatoms. The predicted molar refractivity (Wildman–Crippen MR) is 97.2 cm³/mol. The van der Waals surface area contributed by atoms with Crippen LogP contribution in [0.25, 0.3) is 6.08 Å². The Morgan fingerprint density at radius 3 is 2.37 bits per heavy atom. The Morgan fingerprint density at radius 2 is 1.80 bits per heavy atom.